The van der Waals surface area contributed by atoms with Crippen LogP contribution in [0.2, 0.25) is 5.02 Å². The fraction of sp³-hybridized carbons (Fsp3) is 0.235. The quantitative estimate of drug-likeness (QED) is 0.752. The second-order valence-corrected chi connectivity index (χ2v) is 6.69. The van der Waals surface area contributed by atoms with Gasteiger partial charge in [-0.15, -0.1) is 11.3 Å². The number of hydrogen-bond acceptors (Lipinski definition) is 5. The van der Waals surface area contributed by atoms with Crippen molar-refractivity contribution in [1.29, 1.82) is 0 Å². The number of amides is 3. The molecule has 2 N–H and O–H groups in total. The van der Waals surface area contributed by atoms with Gasteiger partial charge in [-0.25, -0.2) is 0 Å². The number of thiophene rings is 1. The van der Waals surface area contributed by atoms with Gasteiger partial charge in [-0.3, -0.25) is 14.4 Å². The number of nitrogens with one attached hydrogen (secondary N) is 2. The summed E-state index contributed by atoms with van der Waals surface area (Å²) in [5.74, 6) is -0.663. The van der Waals surface area contributed by atoms with Crippen LogP contribution in [0, 0.1) is 0 Å². The van der Waals surface area contributed by atoms with Gasteiger partial charge in [-0.05, 0) is 29.6 Å². The van der Waals surface area contributed by atoms with Gasteiger partial charge in [-0.2, -0.15) is 0 Å². The molecule has 1 aromatic carbocycles. The first-order valence-electron chi connectivity index (χ1n) is 7.59. The van der Waals surface area contributed by atoms with E-state index in [1.807, 2.05) is 0 Å². The zero-order chi connectivity index (χ0) is 19.1. The Hall–Kier alpha value is -2.58. The summed E-state index contributed by atoms with van der Waals surface area (Å²) in [5, 5.41) is 7.39. The fourth-order valence-corrected chi connectivity index (χ4v) is 2.87. The topological polar surface area (TPSA) is 87.7 Å². The summed E-state index contributed by atoms with van der Waals surface area (Å²) < 4.78 is 5.15. The Morgan fingerprint density at radius 1 is 1.27 bits per heavy atom. The maximum Gasteiger partial charge on any atom is 0.261 e. The summed E-state index contributed by atoms with van der Waals surface area (Å²) in [5.41, 5.74) is 0.414. The second-order valence-electron chi connectivity index (χ2n) is 5.30. The number of carbonyl (C=O) groups excluding carboxylic acids is 3. The summed E-state index contributed by atoms with van der Waals surface area (Å²) in [4.78, 5) is 37.8. The summed E-state index contributed by atoms with van der Waals surface area (Å²) >= 11 is 7.20. The van der Waals surface area contributed by atoms with Crippen molar-refractivity contribution in [2.24, 2.45) is 0 Å². The number of anilines is 1. The highest BCUT2D eigenvalue weighted by Crippen LogP contribution is 2.27. The van der Waals surface area contributed by atoms with Crippen LogP contribution in [-0.2, 0) is 9.59 Å². The first-order valence-corrected chi connectivity index (χ1v) is 8.85. The van der Waals surface area contributed by atoms with Crippen LogP contribution in [0.1, 0.15) is 9.67 Å². The van der Waals surface area contributed by atoms with E-state index in [1.165, 1.54) is 30.4 Å². The molecule has 0 radical (unpaired) electrons. The lowest BCUT2D eigenvalue weighted by atomic mass is 10.3. The maximum atomic E-state index is 12.1. The van der Waals surface area contributed by atoms with E-state index in [2.05, 4.69) is 10.6 Å². The molecular formula is C17H18ClN3O4S. The van der Waals surface area contributed by atoms with Crippen molar-refractivity contribution in [2.45, 2.75) is 0 Å². The third-order valence-corrected chi connectivity index (χ3v) is 4.49. The highest BCUT2D eigenvalue weighted by molar-refractivity contribution is 7.12. The van der Waals surface area contributed by atoms with Crippen molar-refractivity contribution in [3.63, 3.8) is 0 Å². The van der Waals surface area contributed by atoms with Crippen molar-refractivity contribution >= 4 is 46.3 Å². The van der Waals surface area contributed by atoms with E-state index in [9.17, 15) is 14.4 Å². The van der Waals surface area contributed by atoms with Gasteiger partial charge in [0, 0.05) is 12.1 Å². The van der Waals surface area contributed by atoms with Crippen LogP contribution in [0.4, 0.5) is 5.69 Å². The van der Waals surface area contributed by atoms with E-state index >= 15 is 0 Å². The van der Waals surface area contributed by atoms with Crippen molar-refractivity contribution < 1.29 is 19.1 Å². The molecule has 26 heavy (non-hydrogen) atoms. The van der Waals surface area contributed by atoms with Gasteiger partial charge in [0.2, 0.25) is 11.8 Å². The fourth-order valence-electron chi connectivity index (χ4n) is 2.06. The predicted molar refractivity (Wildman–Crippen MR) is 101 cm³/mol. The Bertz CT molecular complexity index is 795. The van der Waals surface area contributed by atoms with Crippen molar-refractivity contribution in [3.05, 3.63) is 45.6 Å². The number of benzene rings is 1. The Balaban J connectivity index is 1.85. The lowest BCUT2D eigenvalue weighted by Crippen LogP contribution is -2.41. The number of ether oxygens (including phenoxy) is 1. The molecule has 2 rings (SSSR count). The second kappa shape index (κ2) is 9.21. The molecule has 0 fully saturated rings. The minimum Gasteiger partial charge on any atom is -0.495 e. The van der Waals surface area contributed by atoms with E-state index < -0.39 is 5.91 Å². The Kier molecular flexibility index (Phi) is 6.99. The molecular weight excluding hydrogens is 378 g/mol. The van der Waals surface area contributed by atoms with Crippen LogP contribution in [-0.4, -0.2) is 49.9 Å². The first-order chi connectivity index (χ1) is 12.4. The molecule has 2 aromatic rings. The minimum absolute atomic E-state index is 0.177. The summed E-state index contributed by atoms with van der Waals surface area (Å²) in [6.07, 6.45) is 0. The maximum absolute atomic E-state index is 12.1. The van der Waals surface area contributed by atoms with Gasteiger partial charge in [0.15, 0.2) is 0 Å². The number of methoxy groups -OCH3 is 1. The van der Waals surface area contributed by atoms with Gasteiger partial charge in [-0.1, -0.05) is 17.7 Å². The third-order valence-electron chi connectivity index (χ3n) is 3.39. The van der Waals surface area contributed by atoms with E-state index in [4.69, 9.17) is 16.3 Å². The van der Waals surface area contributed by atoms with Crippen molar-refractivity contribution in [1.82, 2.24) is 10.2 Å². The molecule has 0 aliphatic carbocycles. The minimum atomic E-state index is -0.411. The lowest BCUT2D eigenvalue weighted by Gasteiger charge is -2.18. The highest BCUT2D eigenvalue weighted by atomic mass is 35.5. The average Bonchev–Trinajstić information content (AvgIpc) is 3.14. The number of halogens is 1. The van der Waals surface area contributed by atoms with Gasteiger partial charge >= 0.3 is 0 Å². The number of carbonyl (C=O) groups is 3. The number of hydrogen-bond donors (Lipinski definition) is 2. The molecule has 0 saturated carbocycles. The van der Waals surface area contributed by atoms with Crippen LogP contribution in [0.5, 0.6) is 5.75 Å². The molecule has 0 atom stereocenters. The van der Waals surface area contributed by atoms with E-state index in [0.717, 1.165) is 0 Å². The average molecular weight is 396 g/mol. The monoisotopic (exact) mass is 395 g/mol. The van der Waals surface area contributed by atoms with Crippen molar-refractivity contribution in [2.75, 3.05) is 32.6 Å². The molecule has 0 aliphatic rings. The number of likely N-dealkylation sites (N-methyl/N-ethyl adjacent to an activating group) is 1. The van der Waals surface area contributed by atoms with E-state index in [-0.39, 0.29) is 24.9 Å². The first kappa shape index (κ1) is 19.7. The van der Waals surface area contributed by atoms with Gasteiger partial charge in [0.1, 0.15) is 5.75 Å². The predicted octanol–water partition coefficient (Wildman–Crippen LogP) is 2.24. The van der Waals surface area contributed by atoms with Crippen molar-refractivity contribution in [3.8, 4) is 5.75 Å². The largest absolute Gasteiger partial charge is 0.495 e. The Labute approximate surface area is 159 Å². The highest BCUT2D eigenvalue weighted by Gasteiger charge is 2.16. The van der Waals surface area contributed by atoms with Gasteiger partial charge in [0.25, 0.3) is 5.91 Å². The lowest BCUT2D eigenvalue weighted by molar-refractivity contribution is -0.132. The summed E-state index contributed by atoms with van der Waals surface area (Å²) in [7, 11) is 2.96. The molecule has 0 saturated heterocycles. The zero-order valence-electron chi connectivity index (χ0n) is 14.2. The third kappa shape index (κ3) is 5.47. The smallest absolute Gasteiger partial charge is 0.261 e. The molecule has 1 aromatic heterocycles. The Morgan fingerprint density at radius 2 is 2.04 bits per heavy atom. The zero-order valence-corrected chi connectivity index (χ0v) is 15.8. The molecule has 0 unspecified atom stereocenters. The number of nitrogens with zero attached hydrogens (tertiary/aromatic N) is 1. The van der Waals surface area contributed by atoms with E-state index in [0.29, 0.717) is 21.3 Å². The Morgan fingerprint density at radius 3 is 2.69 bits per heavy atom. The molecule has 9 heteroatoms. The summed E-state index contributed by atoms with van der Waals surface area (Å²) in [6.45, 7) is -0.371. The molecule has 0 spiro atoms. The normalized spacial score (nSPS) is 10.1. The molecule has 138 valence electrons. The SMILES string of the molecule is COc1ccc(Cl)cc1NC(=O)CN(C)C(=O)CNC(=O)c1cccs1. The van der Waals surface area contributed by atoms with Crippen LogP contribution in [0.25, 0.3) is 0 Å². The van der Waals surface area contributed by atoms with Crippen LogP contribution in [0.15, 0.2) is 35.7 Å². The van der Waals surface area contributed by atoms with Crippen LogP contribution < -0.4 is 15.4 Å². The summed E-state index contributed by atoms with van der Waals surface area (Å²) in [6, 6.07) is 8.25. The van der Waals surface area contributed by atoms with E-state index in [1.54, 1.807) is 35.7 Å². The molecule has 0 aliphatic heterocycles. The molecule has 3 amide bonds. The van der Waals surface area contributed by atoms with Gasteiger partial charge < -0.3 is 20.3 Å². The molecule has 7 nitrogen and oxygen atoms in total. The van der Waals surface area contributed by atoms with Crippen LogP contribution >= 0.6 is 22.9 Å². The molecule has 0 bridgehead atoms. The van der Waals surface area contributed by atoms with Crippen LogP contribution in [0.3, 0.4) is 0 Å². The molecule has 1 heterocycles. The number of rotatable bonds is 7. The van der Waals surface area contributed by atoms with Gasteiger partial charge in [0.05, 0.1) is 30.8 Å². The standard InChI is InChI=1S/C17H18ClN3O4S/c1-21(16(23)9-19-17(24)14-4-3-7-26-14)10-15(22)20-12-8-11(18)5-6-13(12)25-2/h3-8H,9-10H2,1-2H3,(H,19,24)(H,20,22).